The second-order valence-electron chi connectivity index (χ2n) is 6.00. The average Bonchev–Trinajstić information content (AvgIpc) is 2.53. The van der Waals surface area contributed by atoms with E-state index < -0.39 is 15.8 Å². The Bertz CT molecular complexity index is 912. The summed E-state index contributed by atoms with van der Waals surface area (Å²) in [5.41, 5.74) is 2.76. The lowest BCUT2D eigenvalue weighted by Crippen LogP contribution is -2.33. The molecule has 26 heavy (non-hydrogen) atoms. The fraction of sp³-hybridized carbons (Fsp3) is 0.278. The molecule has 2 aromatic carbocycles. The predicted octanol–water partition coefficient (Wildman–Crippen LogP) is 3.89. The van der Waals surface area contributed by atoms with Gasteiger partial charge >= 0.3 is 0 Å². The molecule has 2 aromatic rings. The number of carbonyl (C=O) groups is 1. The number of rotatable bonds is 6. The molecule has 0 atom stereocenters. The molecule has 0 radical (unpaired) electrons. The number of hydrogen-bond donors (Lipinski definition) is 1. The molecule has 0 aliphatic carbocycles. The number of benzene rings is 2. The molecule has 2 rings (SSSR count). The third-order valence-corrected chi connectivity index (χ3v) is 5.36. The van der Waals surface area contributed by atoms with E-state index in [9.17, 15) is 17.6 Å². The molecule has 0 aliphatic heterocycles. The van der Waals surface area contributed by atoms with E-state index >= 15 is 0 Å². The molecule has 1 N–H and O–H groups in total. The SMILES string of the molecule is Cc1cccc(C)c1NC(=O)CCN(c1ccc(F)c(Cl)c1)S(C)(=O)=O. The van der Waals surface area contributed by atoms with Gasteiger partial charge in [0.15, 0.2) is 0 Å². The first-order valence-corrected chi connectivity index (χ1v) is 10.1. The quantitative estimate of drug-likeness (QED) is 0.802. The Balaban J connectivity index is 2.15. The largest absolute Gasteiger partial charge is 0.326 e. The maximum absolute atomic E-state index is 13.3. The highest BCUT2D eigenvalue weighted by molar-refractivity contribution is 7.92. The van der Waals surface area contributed by atoms with Gasteiger partial charge in [-0.3, -0.25) is 9.10 Å². The van der Waals surface area contributed by atoms with Gasteiger partial charge in [-0.2, -0.15) is 0 Å². The van der Waals surface area contributed by atoms with Crippen LogP contribution in [-0.2, 0) is 14.8 Å². The Morgan fingerprint density at radius 2 is 1.81 bits per heavy atom. The highest BCUT2D eigenvalue weighted by Gasteiger charge is 2.20. The number of nitrogens with zero attached hydrogens (tertiary/aromatic N) is 1. The van der Waals surface area contributed by atoms with Crippen molar-refractivity contribution in [2.24, 2.45) is 0 Å². The fourth-order valence-corrected chi connectivity index (χ4v) is 3.64. The zero-order valence-corrected chi connectivity index (χ0v) is 16.3. The summed E-state index contributed by atoms with van der Waals surface area (Å²) < 4.78 is 38.5. The summed E-state index contributed by atoms with van der Waals surface area (Å²) in [6.45, 7) is 3.68. The van der Waals surface area contributed by atoms with Crippen molar-refractivity contribution in [2.45, 2.75) is 20.3 Å². The number of amides is 1. The van der Waals surface area contributed by atoms with Gasteiger partial charge in [-0.25, -0.2) is 12.8 Å². The van der Waals surface area contributed by atoms with Gasteiger partial charge in [0.2, 0.25) is 15.9 Å². The molecule has 0 aromatic heterocycles. The first-order chi connectivity index (χ1) is 12.1. The van der Waals surface area contributed by atoms with Crippen LogP contribution >= 0.6 is 11.6 Å². The van der Waals surface area contributed by atoms with Crippen molar-refractivity contribution in [3.63, 3.8) is 0 Å². The first kappa shape index (κ1) is 20.2. The summed E-state index contributed by atoms with van der Waals surface area (Å²) >= 11 is 5.74. The van der Waals surface area contributed by atoms with E-state index in [1.165, 1.54) is 12.1 Å². The molecule has 0 bridgehead atoms. The molecule has 8 heteroatoms. The number of carbonyl (C=O) groups excluding carboxylic acids is 1. The van der Waals surface area contributed by atoms with Crippen LogP contribution in [-0.4, -0.2) is 27.1 Å². The third kappa shape index (κ3) is 4.95. The Morgan fingerprint density at radius 1 is 1.19 bits per heavy atom. The Hall–Kier alpha value is -2.12. The van der Waals surface area contributed by atoms with Gasteiger partial charge in [-0.15, -0.1) is 0 Å². The minimum absolute atomic E-state index is 0.0597. The molecule has 0 unspecified atom stereocenters. The lowest BCUT2D eigenvalue weighted by molar-refractivity contribution is -0.116. The molecule has 140 valence electrons. The number of nitrogens with one attached hydrogen (secondary N) is 1. The van der Waals surface area contributed by atoms with Crippen LogP contribution in [0.4, 0.5) is 15.8 Å². The number of aryl methyl sites for hydroxylation is 2. The Kier molecular flexibility index (Phi) is 6.26. The highest BCUT2D eigenvalue weighted by Crippen LogP contribution is 2.25. The van der Waals surface area contributed by atoms with Crippen LogP contribution in [0.5, 0.6) is 0 Å². The Labute approximate surface area is 157 Å². The predicted molar refractivity (Wildman–Crippen MR) is 103 cm³/mol. The van der Waals surface area contributed by atoms with Gasteiger partial charge in [-0.1, -0.05) is 29.8 Å². The summed E-state index contributed by atoms with van der Waals surface area (Å²) in [4.78, 5) is 12.3. The molecular weight excluding hydrogens is 379 g/mol. The fourth-order valence-electron chi connectivity index (χ4n) is 2.54. The van der Waals surface area contributed by atoms with E-state index in [-0.39, 0.29) is 29.6 Å². The van der Waals surface area contributed by atoms with Crippen LogP contribution in [0.15, 0.2) is 36.4 Å². The van der Waals surface area contributed by atoms with Gasteiger partial charge in [0.25, 0.3) is 0 Å². The van der Waals surface area contributed by atoms with Crippen molar-refractivity contribution in [3.05, 3.63) is 58.4 Å². The lowest BCUT2D eigenvalue weighted by atomic mass is 10.1. The van der Waals surface area contributed by atoms with Crippen molar-refractivity contribution < 1.29 is 17.6 Å². The lowest BCUT2D eigenvalue weighted by Gasteiger charge is -2.22. The smallest absolute Gasteiger partial charge is 0.232 e. The van der Waals surface area contributed by atoms with Crippen LogP contribution in [0.3, 0.4) is 0 Å². The summed E-state index contributed by atoms with van der Waals surface area (Å²) in [6.07, 6.45) is 0.962. The number of halogens is 2. The summed E-state index contributed by atoms with van der Waals surface area (Å²) in [7, 11) is -3.66. The van der Waals surface area contributed by atoms with Crippen LogP contribution in [0, 0.1) is 19.7 Å². The summed E-state index contributed by atoms with van der Waals surface area (Å²) in [6, 6.07) is 9.28. The van der Waals surface area contributed by atoms with E-state index in [0.717, 1.165) is 27.8 Å². The van der Waals surface area contributed by atoms with Gasteiger partial charge in [0.05, 0.1) is 17.0 Å². The van der Waals surface area contributed by atoms with E-state index in [1.54, 1.807) is 0 Å². The van der Waals surface area contributed by atoms with E-state index in [0.29, 0.717) is 5.69 Å². The van der Waals surface area contributed by atoms with Gasteiger partial charge in [-0.05, 0) is 43.2 Å². The standard InChI is InChI=1S/C18H20ClFN2O3S/c1-12-5-4-6-13(2)18(12)21-17(23)9-10-22(26(3,24)25)14-7-8-16(20)15(19)11-14/h4-8,11H,9-10H2,1-3H3,(H,21,23). The second-order valence-corrected chi connectivity index (χ2v) is 8.31. The first-order valence-electron chi connectivity index (χ1n) is 7.88. The van der Waals surface area contributed by atoms with Crippen molar-refractivity contribution >= 4 is 38.9 Å². The van der Waals surface area contributed by atoms with Gasteiger partial charge in [0, 0.05) is 18.7 Å². The zero-order valence-electron chi connectivity index (χ0n) is 14.7. The second kappa shape index (κ2) is 8.05. The number of hydrogen-bond acceptors (Lipinski definition) is 3. The van der Waals surface area contributed by atoms with Crippen molar-refractivity contribution in [1.82, 2.24) is 0 Å². The minimum Gasteiger partial charge on any atom is -0.326 e. The van der Waals surface area contributed by atoms with Crippen LogP contribution in [0.1, 0.15) is 17.5 Å². The highest BCUT2D eigenvalue weighted by atomic mass is 35.5. The maximum Gasteiger partial charge on any atom is 0.232 e. The Morgan fingerprint density at radius 3 is 2.35 bits per heavy atom. The molecule has 0 heterocycles. The van der Waals surface area contributed by atoms with Crippen molar-refractivity contribution in [2.75, 3.05) is 22.4 Å². The summed E-state index contributed by atoms with van der Waals surface area (Å²) in [5.74, 6) is -0.958. The average molecular weight is 399 g/mol. The minimum atomic E-state index is -3.66. The molecule has 0 fully saturated rings. The molecular formula is C18H20ClFN2O3S. The van der Waals surface area contributed by atoms with Crippen LogP contribution < -0.4 is 9.62 Å². The number of sulfonamides is 1. The monoisotopic (exact) mass is 398 g/mol. The van der Waals surface area contributed by atoms with Crippen molar-refractivity contribution in [1.29, 1.82) is 0 Å². The zero-order chi connectivity index (χ0) is 19.5. The molecule has 0 spiro atoms. The summed E-state index contributed by atoms with van der Waals surface area (Å²) in [5, 5.41) is 2.63. The van der Waals surface area contributed by atoms with Gasteiger partial charge < -0.3 is 5.32 Å². The van der Waals surface area contributed by atoms with E-state index in [1.807, 2.05) is 32.0 Å². The van der Waals surface area contributed by atoms with E-state index in [4.69, 9.17) is 11.6 Å². The molecule has 0 saturated heterocycles. The van der Waals surface area contributed by atoms with E-state index in [2.05, 4.69) is 5.32 Å². The number of para-hydroxylation sites is 1. The third-order valence-electron chi connectivity index (χ3n) is 3.88. The topological polar surface area (TPSA) is 66.5 Å². The molecule has 0 aliphatic rings. The van der Waals surface area contributed by atoms with Crippen LogP contribution in [0.2, 0.25) is 5.02 Å². The molecule has 1 amide bonds. The van der Waals surface area contributed by atoms with Gasteiger partial charge in [0.1, 0.15) is 5.82 Å². The van der Waals surface area contributed by atoms with Crippen LogP contribution in [0.25, 0.3) is 0 Å². The number of anilines is 2. The van der Waals surface area contributed by atoms with Crippen molar-refractivity contribution in [3.8, 4) is 0 Å². The normalized spacial score (nSPS) is 11.3. The molecule has 0 saturated carbocycles. The molecule has 5 nitrogen and oxygen atoms in total. The maximum atomic E-state index is 13.3.